The lowest BCUT2D eigenvalue weighted by Gasteiger charge is -2.17. The second-order valence-electron chi connectivity index (χ2n) is 3.83. The molecule has 0 spiro atoms. The maximum Gasteiger partial charge on any atom is 0.190 e. The van der Waals surface area contributed by atoms with Crippen LogP contribution in [0.3, 0.4) is 0 Å². The standard InChI is InChI=1S/C13H13N3OS/c1-9-6-10(4-5-12(9)17-3)16(2)13-15-8-11(7-14)18-13/h4-6,8H,1-3H3. The second-order valence-corrected chi connectivity index (χ2v) is 4.84. The molecule has 1 aromatic heterocycles. The molecule has 0 bridgehead atoms. The lowest BCUT2D eigenvalue weighted by Crippen LogP contribution is -2.09. The maximum atomic E-state index is 8.80. The molecule has 2 aromatic rings. The van der Waals surface area contributed by atoms with Crippen LogP contribution < -0.4 is 9.64 Å². The Morgan fingerprint density at radius 2 is 2.22 bits per heavy atom. The van der Waals surface area contributed by atoms with Crippen molar-refractivity contribution in [1.82, 2.24) is 4.98 Å². The zero-order valence-corrected chi connectivity index (χ0v) is 11.3. The summed E-state index contributed by atoms with van der Waals surface area (Å²) in [5, 5.41) is 9.60. The number of aromatic nitrogens is 1. The lowest BCUT2D eigenvalue weighted by molar-refractivity contribution is 0.412. The van der Waals surface area contributed by atoms with E-state index in [-0.39, 0.29) is 0 Å². The van der Waals surface area contributed by atoms with Gasteiger partial charge in [-0.15, -0.1) is 0 Å². The van der Waals surface area contributed by atoms with Crippen LogP contribution in [0.2, 0.25) is 0 Å². The molecule has 0 unspecified atom stereocenters. The zero-order chi connectivity index (χ0) is 13.1. The number of aryl methyl sites for hydroxylation is 1. The Morgan fingerprint density at radius 1 is 1.44 bits per heavy atom. The fraction of sp³-hybridized carbons (Fsp3) is 0.231. The van der Waals surface area contributed by atoms with Gasteiger partial charge in [-0.2, -0.15) is 5.26 Å². The molecule has 0 saturated carbocycles. The SMILES string of the molecule is COc1ccc(N(C)c2ncc(C#N)s2)cc1C. The minimum Gasteiger partial charge on any atom is -0.496 e. The molecule has 92 valence electrons. The van der Waals surface area contributed by atoms with Gasteiger partial charge in [-0.05, 0) is 30.7 Å². The maximum absolute atomic E-state index is 8.80. The first kappa shape index (κ1) is 12.4. The Balaban J connectivity index is 2.31. The first-order chi connectivity index (χ1) is 8.65. The minimum atomic E-state index is 0.613. The molecule has 1 aromatic carbocycles. The van der Waals surface area contributed by atoms with Gasteiger partial charge in [0, 0.05) is 12.7 Å². The highest BCUT2D eigenvalue weighted by Crippen LogP contribution is 2.30. The van der Waals surface area contributed by atoms with Crippen LogP contribution in [0.5, 0.6) is 5.75 Å². The summed E-state index contributed by atoms with van der Waals surface area (Å²) in [5.74, 6) is 0.865. The van der Waals surface area contributed by atoms with E-state index in [2.05, 4.69) is 11.1 Å². The Labute approximate surface area is 110 Å². The van der Waals surface area contributed by atoms with E-state index in [0.717, 1.165) is 22.1 Å². The number of nitrogens with zero attached hydrogens (tertiary/aromatic N) is 3. The summed E-state index contributed by atoms with van der Waals surface area (Å²) < 4.78 is 5.23. The van der Waals surface area contributed by atoms with Crippen LogP contribution in [-0.4, -0.2) is 19.1 Å². The summed E-state index contributed by atoms with van der Waals surface area (Å²) in [7, 11) is 3.59. The molecular formula is C13H13N3OS. The number of methoxy groups -OCH3 is 1. The van der Waals surface area contributed by atoms with Crippen molar-refractivity contribution < 1.29 is 4.74 Å². The van der Waals surface area contributed by atoms with Gasteiger partial charge in [-0.25, -0.2) is 4.98 Å². The van der Waals surface area contributed by atoms with Gasteiger partial charge in [-0.3, -0.25) is 0 Å². The number of benzene rings is 1. The van der Waals surface area contributed by atoms with Gasteiger partial charge in [0.05, 0.1) is 13.3 Å². The van der Waals surface area contributed by atoms with Crippen LogP contribution in [0, 0.1) is 18.3 Å². The Bertz CT molecular complexity index is 601. The van der Waals surface area contributed by atoms with Crippen molar-refractivity contribution in [3.05, 3.63) is 34.8 Å². The molecule has 0 fully saturated rings. The predicted octanol–water partition coefficient (Wildman–Crippen LogP) is 3.10. The normalized spacial score (nSPS) is 9.89. The summed E-state index contributed by atoms with van der Waals surface area (Å²) in [6.07, 6.45) is 1.59. The molecule has 0 amide bonds. The number of anilines is 2. The topological polar surface area (TPSA) is 49.1 Å². The number of nitriles is 1. The van der Waals surface area contributed by atoms with Crippen molar-refractivity contribution >= 4 is 22.2 Å². The van der Waals surface area contributed by atoms with Crippen LogP contribution in [0.15, 0.2) is 24.4 Å². The highest BCUT2D eigenvalue weighted by atomic mass is 32.1. The van der Waals surface area contributed by atoms with Crippen molar-refractivity contribution in [1.29, 1.82) is 5.26 Å². The van der Waals surface area contributed by atoms with E-state index in [0.29, 0.717) is 4.88 Å². The van der Waals surface area contributed by atoms with Gasteiger partial charge in [0.15, 0.2) is 5.13 Å². The highest BCUT2D eigenvalue weighted by molar-refractivity contribution is 7.16. The van der Waals surface area contributed by atoms with Crippen molar-refractivity contribution in [2.24, 2.45) is 0 Å². The second kappa shape index (κ2) is 5.07. The van der Waals surface area contributed by atoms with Crippen molar-refractivity contribution in [3.63, 3.8) is 0 Å². The third kappa shape index (κ3) is 2.29. The van der Waals surface area contributed by atoms with Crippen LogP contribution in [0.4, 0.5) is 10.8 Å². The highest BCUT2D eigenvalue weighted by Gasteiger charge is 2.10. The smallest absolute Gasteiger partial charge is 0.190 e. The van der Waals surface area contributed by atoms with Crippen molar-refractivity contribution in [2.45, 2.75) is 6.92 Å². The summed E-state index contributed by atoms with van der Waals surface area (Å²) in [6, 6.07) is 8.03. The Kier molecular flexibility index (Phi) is 3.49. The monoisotopic (exact) mass is 259 g/mol. The first-order valence-corrected chi connectivity index (χ1v) is 6.21. The molecule has 0 radical (unpaired) electrons. The summed E-state index contributed by atoms with van der Waals surface area (Å²) >= 11 is 1.37. The third-order valence-corrected chi connectivity index (χ3v) is 3.63. The van der Waals surface area contributed by atoms with Gasteiger partial charge in [-0.1, -0.05) is 11.3 Å². The molecular weight excluding hydrogens is 246 g/mol. The van der Waals surface area contributed by atoms with Gasteiger partial charge in [0.25, 0.3) is 0 Å². The average Bonchev–Trinajstić information content (AvgIpc) is 2.86. The van der Waals surface area contributed by atoms with E-state index in [1.165, 1.54) is 11.3 Å². The fourth-order valence-corrected chi connectivity index (χ4v) is 2.35. The number of ether oxygens (including phenoxy) is 1. The third-order valence-electron chi connectivity index (χ3n) is 2.66. The number of hydrogen-bond acceptors (Lipinski definition) is 5. The number of rotatable bonds is 3. The Hall–Kier alpha value is -2.06. The van der Waals surface area contributed by atoms with E-state index in [4.69, 9.17) is 10.00 Å². The van der Waals surface area contributed by atoms with Crippen molar-refractivity contribution in [3.8, 4) is 11.8 Å². The number of hydrogen-bond donors (Lipinski definition) is 0. The molecule has 0 aliphatic heterocycles. The van der Waals surface area contributed by atoms with Crippen molar-refractivity contribution in [2.75, 3.05) is 19.1 Å². The van der Waals surface area contributed by atoms with Crippen LogP contribution in [0.25, 0.3) is 0 Å². The average molecular weight is 259 g/mol. The lowest BCUT2D eigenvalue weighted by atomic mass is 10.2. The molecule has 4 nitrogen and oxygen atoms in total. The molecule has 0 aliphatic carbocycles. The summed E-state index contributed by atoms with van der Waals surface area (Å²) in [5.41, 5.74) is 2.09. The first-order valence-electron chi connectivity index (χ1n) is 5.40. The van der Waals surface area contributed by atoms with Crippen LogP contribution >= 0.6 is 11.3 Å². The van der Waals surface area contributed by atoms with Gasteiger partial charge in [0.1, 0.15) is 16.7 Å². The van der Waals surface area contributed by atoms with Gasteiger partial charge < -0.3 is 9.64 Å². The largest absolute Gasteiger partial charge is 0.496 e. The fourth-order valence-electron chi connectivity index (χ4n) is 1.65. The van der Waals surface area contributed by atoms with E-state index in [9.17, 15) is 0 Å². The molecule has 18 heavy (non-hydrogen) atoms. The van der Waals surface area contributed by atoms with Gasteiger partial charge >= 0.3 is 0 Å². The molecule has 0 atom stereocenters. The molecule has 0 aliphatic rings. The quantitative estimate of drug-likeness (QED) is 0.849. The molecule has 0 N–H and O–H groups in total. The summed E-state index contributed by atoms with van der Waals surface area (Å²) in [6.45, 7) is 2.00. The van der Waals surface area contributed by atoms with Gasteiger partial charge in [0.2, 0.25) is 0 Å². The molecule has 0 saturated heterocycles. The summed E-state index contributed by atoms with van der Waals surface area (Å²) in [4.78, 5) is 6.80. The minimum absolute atomic E-state index is 0.613. The zero-order valence-electron chi connectivity index (χ0n) is 10.5. The number of thiazole rings is 1. The molecule has 5 heteroatoms. The predicted molar refractivity (Wildman–Crippen MR) is 72.6 cm³/mol. The van der Waals surface area contributed by atoms with E-state index >= 15 is 0 Å². The van der Waals surface area contributed by atoms with E-state index in [1.54, 1.807) is 13.3 Å². The molecule has 1 heterocycles. The van der Waals surface area contributed by atoms with Crippen LogP contribution in [0.1, 0.15) is 10.4 Å². The van der Waals surface area contributed by atoms with E-state index < -0.39 is 0 Å². The van der Waals surface area contributed by atoms with E-state index in [1.807, 2.05) is 37.1 Å². The molecule has 2 rings (SSSR count). The van der Waals surface area contributed by atoms with Crippen LogP contribution in [-0.2, 0) is 0 Å². The Morgan fingerprint density at radius 3 is 2.78 bits per heavy atom.